The number of hydrogen-bond acceptors (Lipinski definition) is 2. The molecule has 15 heavy (non-hydrogen) atoms. The minimum absolute atomic E-state index is 0.137. The van der Waals surface area contributed by atoms with Gasteiger partial charge in [0.2, 0.25) is 4.74 Å². The van der Waals surface area contributed by atoms with E-state index in [0.29, 0.717) is 0 Å². The van der Waals surface area contributed by atoms with Crippen LogP contribution >= 0.6 is 11.3 Å². The van der Waals surface area contributed by atoms with E-state index < -0.39 is 0 Å². The fraction of sp³-hybridized carbons (Fsp3) is 0. The molecule has 0 saturated heterocycles. The first-order valence-electron chi connectivity index (χ1n) is 4.75. The fourth-order valence-corrected chi connectivity index (χ4v) is 2.51. The molecule has 1 nitrogen and oxygen atoms in total. The number of rotatable bonds is 0. The standard InChI is InChI=1S/C13H8OS/c14-13-12-6-5-9-3-1-2-4-10(9)11(12)7-8-15-13/h1-8H. The summed E-state index contributed by atoms with van der Waals surface area (Å²) in [4.78, 5) is 11.6. The van der Waals surface area contributed by atoms with Crippen molar-refractivity contribution in [2.24, 2.45) is 0 Å². The largest absolute Gasteiger partial charge is 0.277 e. The Kier molecular flexibility index (Phi) is 1.82. The Morgan fingerprint density at radius 2 is 1.67 bits per heavy atom. The van der Waals surface area contributed by atoms with E-state index in [1.54, 1.807) is 0 Å². The Labute approximate surface area is 90.6 Å². The second kappa shape index (κ2) is 3.17. The number of benzene rings is 2. The first-order valence-corrected chi connectivity index (χ1v) is 5.63. The molecule has 0 unspecified atom stereocenters. The molecule has 0 spiro atoms. The highest BCUT2D eigenvalue weighted by Crippen LogP contribution is 2.23. The molecule has 0 fully saturated rings. The summed E-state index contributed by atoms with van der Waals surface area (Å²) in [5, 5.41) is 6.07. The molecule has 2 heteroatoms. The highest BCUT2D eigenvalue weighted by Gasteiger charge is 2.01. The monoisotopic (exact) mass is 212 g/mol. The van der Waals surface area contributed by atoms with E-state index in [-0.39, 0.29) is 4.74 Å². The van der Waals surface area contributed by atoms with Crippen LogP contribution in [0, 0.1) is 0 Å². The van der Waals surface area contributed by atoms with Crippen molar-refractivity contribution in [3.8, 4) is 0 Å². The molecular formula is C13H8OS. The molecule has 1 aromatic heterocycles. The zero-order chi connectivity index (χ0) is 10.3. The number of hydrogen-bond donors (Lipinski definition) is 0. The summed E-state index contributed by atoms with van der Waals surface area (Å²) < 4.78 is 0.137. The highest BCUT2D eigenvalue weighted by atomic mass is 32.1. The molecule has 0 saturated carbocycles. The summed E-state index contributed by atoms with van der Waals surface area (Å²) in [5.41, 5.74) is 0. The van der Waals surface area contributed by atoms with Gasteiger partial charge >= 0.3 is 0 Å². The molecule has 72 valence electrons. The Bertz CT molecular complexity index is 697. The molecule has 0 aliphatic carbocycles. The molecule has 2 aromatic carbocycles. The van der Waals surface area contributed by atoms with Crippen molar-refractivity contribution in [2.45, 2.75) is 0 Å². The van der Waals surface area contributed by atoms with Crippen LogP contribution in [0.5, 0.6) is 0 Å². The van der Waals surface area contributed by atoms with Crippen LogP contribution < -0.4 is 4.74 Å². The van der Waals surface area contributed by atoms with Crippen molar-refractivity contribution < 1.29 is 0 Å². The zero-order valence-electron chi connectivity index (χ0n) is 7.94. The molecule has 0 atom stereocenters. The van der Waals surface area contributed by atoms with Gasteiger partial charge in [-0.1, -0.05) is 30.3 Å². The molecule has 0 aliphatic rings. The van der Waals surface area contributed by atoms with Gasteiger partial charge in [-0.3, -0.25) is 4.79 Å². The summed E-state index contributed by atoms with van der Waals surface area (Å²) in [7, 11) is 0. The fourth-order valence-electron chi connectivity index (χ4n) is 1.88. The average Bonchev–Trinajstić information content (AvgIpc) is 2.29. The van der Waals surface area contributed by atoms with E-state index in [1.807, 2.05) is 35.7 Å². The van der Waals surface area contributed by atoms with Gasteiger partial charge in [-0.15, -0.1) is 11.3 Å². The maximum Gasteiger partial charge on any atom is 0.240 e. The summed E-state index contributed by atoms with van der Waals surface area (Å²) in [6, 6.07) is 14.1. The Morgan fingerprint density at radius 1 is 0.800 bits per heavy atom. The van der Waals surface area contributed by atoms with Crippen molar-refractivity contribution in [3.63, 3.8) is 0 Å². The topological polar surface area (TPSA) is 17.1 Å². The average molecular weight is 212 g/mol. The minimum atomic E-state index is 0.137. The summed E-state index contributed by atoms with van der Waals surface area (Å²) in [6.45, 7) is 0. The van der Waals surface area contributed by atoms with Gasteiger partial charge in [0.05, 0.1) is 0 Å². The van der Waals surface area contributed by atoms with E-state index in [2.05, 4.69) is 12.1 Å². The molecule has 3 rings (SSSR count). The molecule has 0 bridgehead atoms. The van der Waals surface area contributed by atoms with Gasteiger partial charge in [0.1, 0.15) is 0 Å². The third-order valence-corrected chi connectivity index (χ3v) is 3.31. The van der Waals surface area contributed by atoms with Crippen LogP contribution in [0.4, 0.5) is 0 Å². The molecular weight excluding hydrogens is 204 g/mol. The molecule has 1 heterocycles. The van der Waals surface area contributed by atoms with Crippen LogP contribution in [-0.2, 0) is 0 Å². The predicted molar refractivity (Wildman–Crippen MR) is 65.6 cm³/mol. The van der Waals surface area contributed by atoms with Gasteiger partial charge in [0.15, 0.2) is 0 Å². The highest BCUT2D eigenvalue weighted by molar-refractivity contribution is 7.07. The first-order chi connectivity index (χ1) is 7.36. The lowest BCUT2D eigenvalue weighted by Gasteiger charge is -2.01. The quantitative estimate of drug-likeness (QED) is 0.522. The lowest BCUT2D eigenvalue weighted by atomic mass is 10.0. The van der Waals surface area contributed by atoms with Crippen LogP contribution in [-0.4, -0.2) is 0 Å². The van der Waals surface area contributed by atoms with Gasteiger partial charge in [-0.25, -0.2) is 0 Å². The summed E-state index contributed by atoms with van der Waals surface area (Å²) in [5.74, 6) is 0. The number of fused-ring (bicyclic) bond motifs is 3. The molecule has 3 aromatic rings. The van der Waals surface area contributed by atoms with Crippen molar-refractivity contribution >= 4 is 32.9 Å². The predicted octanol–water partition coefficient (Wildman–Crippen LogP) is 3.41. The molecule has 0 aliphatic heterocycles. The van der Waals surface area contributed by atoms with Gasteiger partial charge in [-0.2, -0.15) is 0 Å². The normalized spacial score (nSPS) is 10.9. The minimum Gasteiger partial charge on any atom is -0.277 e. The van der Waals surface area contributed by atoms with Gasteiger partial charge in [0.25, 0.3) is 0 Å². The van der Waals surface area contributed by atoms with E-state index in [1.165, 1.54) is 16.7 Å². The van der Waals surface area contributed by atoms with Gasteiger partial charge in [-0.05, 0) is 33.7 Å². The second-order valence-corrected chi connectivity index (χ2v) is 4.33. The smallest absolute Gasteiger partial charge is 0.240 e. The van der Waals surface area contributed by atoms with Crippen molar-refractivity contribution in [3.05, 3.63) is 57.4 Å². The Hall–Kier alpha value is -1.67. The Balaban J connectivity index is 2.67. The van der Waals surface area contributed by atoms with Crippen molar-refractivity contribution in [1.82, 2.24) is 0 Å². The molecule has 0 N–H and O–H groups in total. The van der Waals surface area contributed by atoms with E-state index >= 15 is 0 Å². The van der Waals surface area contributed by atoms with E-state index in [0.717, 1.165) is 16.2 Å². The van der Waals surface area contributed by atoms with Gasteiger partial charge < -0.3 is 0 Å². The third kappa shape index (κ3) is 1.26. The Morgan fingerprint density at radius 3 is 2.60 bits per heavy atom. The SMILES string of the molecule is O=c1sccc2c1ccc1ccccc12. The van der Waals surface area contributed by atoms with Crippen molar-refractivity contribution in [1.29, 1.82) is 0 Å². The summed E-state index contributed by atoms with van der Waals surface area (Å²) in [6.07, 6.45) is 0. The molecule has 0 radical (unpaired) electrons. The maximum absolute atomic E-state index is 11.6. The van der Waals surface area contributed by atoms with Gasteiger partial charge in [0, 0.05) is 5.39 Å². The first kappa shape index (κ1) is 8.62. The lowest BCUT2D eigenvalue weighted by Crippen LogP contribution is -1.93. The van der Waals surface area contributed by atoms with Crippen LogP contribution in [0.15, 0.2) is 52.6 Å². The second-order valence-electron chi connectivity index (χ2n) is 3.46. The van der Waals surface area contributed by atoms with Crippen LogP contribution in [0.1, 0.15) is 0 Å². The maximum atomic E-state index is 11.6. The molecule has 0 amide bonds. The van der Waals surface area contributed by atoms with Crippen LogP contribution in [0.25, 0.3) is 21.5 Å². The van der Waals surface area contributed by atoms with E-state index in [4.69, 9.17) is 0 Å². The zero-order valence-corrected chi connectivity index (χ0v) is 8.75. The summed E-state index contributed by atoms with van der Waals surface area (Å²) >= 11 is 1.25. The van der Waals surface area contributed by atoms with Crippen LogP contribution in [0.3, 0.4) is 0 Å². The lowest BCUT2D eigenvalue weighted by molar-refractivity contribution is 1.79. The van der Waals surface area contributed by atoms with Crippen LogP contribution in [0.2, 0.25) is 0 Å². The van der Waals surface area contributed by atoms with E-state index in [9.17, 15) is 4.79 Å². The third-order valence-electron chi connectivity index (χ3n) is 2.60. The van der Waals surface area contributed by atoms with Crippen molar-refractivity contribution in [2.75, 3.05) is 0 Å².